The molecule has 1 aliphatic heterocycles. The molecule has 86 valence electrons. The maximum Gasteiger partial charge on any atom is 0.407 e. The molecule has 1 amide bonds. The summed E-state index contributed by atoms with van der Waals surface area (Å²) in [6.45, 7) is 4.91. The Bertz CT molecular complexity index is 383. The van der Waals surface area contributed by atoms with Crippen molar-refractivity contribution in [3.8, 4) is 5.75 Å². The van der Waals surface area contributed by atoms with Crippen LogP contribution in [0, 0.1) is 13.8 Å². The molecule has 2 rings (SSSR count). The third-order valence-electron chi connectivity index (χ3n) is 2.57. The Hall–Kier alpha value is -1.71. The standard InChI is InChI=1S/C12H15NO3/c1-8-4-3-5-9(2)11(8)15-7-10-6-13-12(14)16-10/h3-5,10H,6-7H2,1-2H3,(H,13,14)/t10-/m1/s1. The second kappa shape index (κ2) is 4.43. The lowest BCUT2D eigenvalue weighted by atomic mass is 10.1. The van der Waals surface area contributed by atoms with Crippen molar-refractivity contribution in [3.05, 3.63) is 29.3 Å². The molecule has 1 aromatic carbocycles. The summed E-state index contributed by atoms with van der Waals surface area (Å²) in [6, 6.07) is 6.00. The van der Waals surface area contributed by atoms with Gasteiger partial charge >= 0.3 is 6.09 Å². The first-order chi connectivity index (χ1) is 7.66. The Kier molecular flexibility index (Phi) is 2.99. The number of carbonyl (C=O) groups excluding carboxylic acids is 1. The molecule has 1 fully saturated rings. The quantitative estimate of drug-likeness (QED) is 0.846. The highest BCUT2D eigenvalue weighted by atomic mass is 16.6. The molecule has 0 aromatic heterocycles. The smallest absolute Gasteiger partial charge is 0.407 e. The monoisotopic (exact) mass is 221 g/mol. The van der Waals surface area contributed by atoms with E-state index < -0.39 is 0 Å². The van der Waals surface area contributed by atoms with Crippen LogP contribution in [0.2, 0.25) is 0 Å². The van der Waals surface area contributed by atoms with Crippen molar-refractivity contribution in [2.75, 3.05) is 13.2 Å². The van der Waals surface area contributed by atoms with Crippen molar-refractivity contribution in [2.24, 2.45) is 0 Å². The van der Waals surface area contributed by atoms with Crippen molar-refractivity contribution in [2.45, 2.75) is 20.0 Å². The predicted octanol–water partition coefficient (Wildman–Crippen LogP) is 1.79. The van der Waals surface area contributed by atoms with E-state index in [1.165, 1.54) is 0 Å². The normalized spacial score (nSPS) is 19.1. The van der Waals surface area contributed by atoms with Gasteiger partial charge in [0, 0.05) is 0 Å². The molecule has 1 N–H and O–H groups in total. The van der Waals surface area contributed by atoms with Gasteiger partial charge in [0.2, 0.25) is 0 Å². The van der Waals surface area contributed by atoms with Gasteiger partial charge in [-0.1, -0.05) is 18.2 Å². The van der Waals surface area contributed by atoms with Crippen LogP contribution in [0.15, 0.2) is 18.2 Å². The van der Waals surface area contributed by atoms with E-state index in [1.807, 2.05) is 32.0 Å². The number of benzene rings is 1. The average Bonchev–Trinajstić information content (AvgIpc) is 2.63. The maximum atomic E-state index is 10.8. The lowest BCUT2D eigenvalue weighted by Gasteiger charge is -2.14. The molecular formula is C12H15NO3. The summed E-state index contributed by atoms with van der Waals surface area (Å²) in [7, 11) is 0. The Labute approximate surface area is 94.6 Å². The summed E-state index contributed by atoms with van der Waals surface area (Å²) in [6.07, 6.45) is -0.554. The first-order valence-electron chi connectivity index (χ1n) is 5.30. The van der Waals surface area contributed by atoms with Gasteiger partial charge in [-0.2, -0.15) is 0 Å². The molecule has 0 bridgehead atoms. The highest BCUT2D eigenvalue weighted by molar-refractivity contribution is 5.69. The Morgan fingerprint density at radius 2 is 2.12 bits per heavy atom. The number of amides is 1. The number of hydrogen-bond donors (Lipinski definition) is 1. The highest BCUT2D eigenvalue weighted by Crippen LogP contribution is 2.22. The van der Waals surface area contributed by atoms with Gasteiger partial charge in [0.1, 0.15) is 12.4 Å². The van der Waals surface area contributed by atoms with Gasteiger partial charge in [-0.15, -0.1) is 0 Å². The number of para-hydroxylation sites is 1. The van der Waals surface area contributed by atoms with E-state index in [9.17, 15) is 4.79 Å². The minimum absolute atomic E-state index is 0.188. The van der Waals surface area contributed by atoms with Crippen molar-refractivity contribution >= 4 is 6.09 Å². The van der Waals surface area contributed by atoms with E-state index >= 15 is 0 Å². The van der Waals surface area contributed by atoms with Crippen LogP contribution < -0.4 is 10.1 Å². The highest BCUT2D eigenvalue weighted by Gasteiger charge is 2.23. The van der Waals surface area contributed by atoms with Gasteiger partial charge in [-0.25, -0.2) is 4.79 Å². The third-order valence-corrected chi connectivity index (χ3v) is 2.57. The van der Waals surface area contributed by atoms with E-state index in [4.69, 9.17) is 9.47 Å². The Morgan fingerprint density at radius 3 is 2.69 bits per heavy atom. The summed E-state index contributed by atoms with van der Waals surface area (Å²) in [5.74, 6) is 0.880. The molecule has 0 aliphatic carbocycles. The fourth-order valence-electron chi connectivity index (χ4n) is 1.73. The molecule has 4 heteroatoms. The van der Waals surface area contributed by atoms with Crippen LogP contribution in [0.25, 0.3) is 0 Å². The van der Waals surface area contributed by atoms with Crippen LogP contribution in [0.4, 0.5) is 4.79 Å². The lowest BCUT2D eigenvalue weighted by molar-refractivity contribution is 0.104. The molecule has 1 heterocycles. The number of alkyl carbamates (subject to hydrolysis) is 1. The van der Waals surface area contributed by atoms with Gasteiger partial charge < -0.3 is 14.8 Å². The largest absolute Gasteiger partial charge is 0.489 e. The van der Waals surface area contributed by atoms with Gasteiger partial charge in [0.25, 0.3) is 0 Å². The van der Waals surface area contributed by atoms with Gasteiger partial charge in [0.15, 0.2) is 6.10 Å². The minimum atomic E-state index is -0.366. The summed E-state index contributed by atoms with van der Waals surface area (Å²) in [5.41, 5.74) is 2.19. The molecule has 0 unspecified atom stereocenters. The summed E-state index contributed by atoms with van der Waals surface area (Å²) >= 11 is 0. The van der Waals surface area contributed by atoms with E-state index in [2.05, 4.69) is 5.32 Å². The number of cyclic esters (lactones) is 1. The van der Waals surface area contributed by atoms with Crippen molar-refractivity contribution in [1.82, 2.24) is 5.32 Å². The van der Waals surface area contributed by atoms with Crippen LogP contribution in [0.5, 0.6) is 5.75 Å². The van der Waals surface area contributed by atoms with Crippen molar-refractivity contribution < 1.29 is 14.3 Å². The number of hydrogen-bond acceptors (Lipinski definition) is 3. The van der Waals surface area contributed by atoms with Crippen LogP contribution >= 0.6 is 0 Å². The lowest BCUT2D eigenvalue weighted by Crippen LogP contribution is -2.22. The molecule has 1 saturated heterocycles. The van der Waals surface area contributed by atoms with Gasteiger partial charge in [-0.3, -0.25) is 0 Å². The Morgan fingerprint density at radius 1 is 1.44 bits per heavy atom. The van der Waals surface area contributed by atoms with E-state index in [1.54, 1.807) is 0 Å². The van der Waals surface area contributed by atoms with E-state index in [-0.39, 0.29) is 12.2 Å². The first kappa shape index (κ1) is 10.8. The van der Waals surface area contributed by atoms with Crippen LogP contribution in [0.3, 0.4) is 0 Å². The number of aryl methyl sites for hydroxylation is 2. The SMILES string of the molecule is Cc1cccc(C)c1OC[C@H]1CNC(=O)O1. The zero-order valence-electron chi connectivity index (χ0n) is 9.45. The summed E-state index contributed by atoms with van der Waals surface area (Å²) < 4.78 is 10.7. The molecule has 1 aromatic rings. The second-order valence-electron chi connectivity index (χ2n) is 3.94. The molecular weight excluding hydrogens is 206 g/mol. The molecule has 0 spiro atoms. The fraction of sp³-hybridized carbons (Fsp3) is 0.417. The van der Waals surface area contributed by atoms with Crippen LogP contribution in [-0.4, -0.2) is 25.3 Å². The third kappa shape index (κ3) is 2.27. The molecule has 16 heavy (non-hydrogen) atoms. The van der Waals surface area contributed by atoms with Crippen molar-refractivity contribution in [1.29, 1.82) is 0 Å². The predicted molar refractivity (Wildman–Crippen MR) is 59.7 cm³/mol. The first-order valence-corrected chi connectivity index (χ1v) is 5.30. The molecule has 1 aliphatic rings. The minimum Gasteiger partial charge on any atom is -0.489 e. The van der Waals surface area contributed by atoms with Crippen LogP contribution in [0.1, 0.15) is 11.1 Å². The fourth-order valence-corrected chi connectivity index (χ4v) is 1.73. The molecule has 4 nitrogen and oxygen atoms in total. The molecule has 1 atom stereocenters. The average molecular weight is 221 g/mol. The second-order valence-corrected chi connectivity index (χ2v) is 3.94. The Balaban J connectivity index is 1.97. The van der Waals surface area contributed by atoms with Gasteiger partial charge in [-0.05, 0) is 25.0 Å². The summed E-state index contributed by atoms with van der Waals surface area (Å²) in [4.78, 5) is 10.8. The van der Waals surface area contributed by atoms with Crippen molar-refractivity contribution in [3.63, 3.8) is 0 Å². The summed E-state index contributed by atoms with van der Waals surface area (Å²) in [5, 5.41) is 2.59. The van der Waals surface area contributed by atoms with Crippen LogP contribution in [-0.2, 0) is 4.74 Å². The number of ether oxygens (including phenoxy) is 2. The van der Waals surface area contributed by atoms with E-state index in [0.29, 0.717) is 13.2 Å². The number of carbonyl (C=O) groups is 1. The topological polar surface area (TPSA) is 47.6 Å². The number of nitrogens with one attached hydrogen (secondary N) is 1. The molecule has 0 radical (unpaired) electrons. The van der Waals surface area contributed by atoms with E-state index in [0.717, 1.165) is 16.9 Å². The maximum absolute atomic E-state index is 10.8. The zero-order valence-corrected chi connectivity index (χ0v) is 9.45. The molecule has 0 saturated carbocycles. The van der Waals surface area contributed by atoms with Gasteiger partial charge in [0.05, 0.1) is 6.54 Å². The zero-order chi connectivity index (χ0) is 11.5. The number of rotatable bonds is 3.